The molecule has 0 atom stereocenters. The van der Waals surface area contributed by atoms with E-state index in [1.165, 1.54) is 24.4 Å². The minimum absolute atomic E-state index is 0.235. The molecule has 1 aromatic heterocycles. The second-order valence-electron chi connectivity index (χ2n) is 3.95. The molecule has 0 radical (unpaired) electrons. The fourth-order valence-corrected chi connectivity index (χ4v) is 1.67. The monoisotopic (exact) mass is 233 g/mol. The van der Waals surface area contributed by atoms with Gasteiger partial charge in [0.15, 0.2) is 0 Å². The van der Waals surface area contributed by atoms with Crippen molar-refractivity contribution in [3.63, 3.8) is 0 Å². The van der Waals surface area contributed by atoms with Crippen molar-refractivity contribution in [2.24, 2.45) is 0 Å². The molecule has 0 aliphatic rings. The highest BCUT2D eigenvalue weighted by atomic mass is 19.1. The smallest absolute Gasteiger partial charge is 0.337 e. The highest BCUT2D eigenvalue weighted by Crippen LogP contribution is 2.13. The van der Waals surface area contributed by atoms with Crippen molar-refractivity contribution in [2.75, 3.05) is 0 Å². The molecule has 0 saturated carbocycles. The van der Waals surface area contributed by atoms with E-state index in [0.29, 0.717) is 6.54 Å². The van der Waals surface area contributed by atoms with Gasteiger partial charge in [-0.1, -0.05) is 6.07 Å². The number of rotatable bonds is 3. The number of carbonyl (C=O) groups is 1. The SMILES string of the molecule is Cc1ccc(F)cc1Cn1ccc(C(=O)O)c1. The van der Waals surface area contributed by atoms with E-state index in [1.807, 2.05) is 6.92 Å². The van der Waals surface area contributed by atoms with E-state index >= 15 is 0 Å². The Morgan fingerprint density at radius 2 is 2.18 bits per heavy atom. The van der Waals surface area contributed by atoms with Crippen LogP contribution >= 0.6 is 0 Å². The van der Waals surface area contributed by atoms with Gasteiger partial charge in [-0.25, -0.2) is 9.18 Å². The van der Waals surface area contributed by atoms with Crippen LogP contribution < -0.4 is 0 Å². The number of aromatic nitrogens is 1. The zero-order valence-corrected chi connectivity index (χ0v) is 9.35. The zero-order chi connectivity index (χ0) is 12.4. The van der Waals surface area contributed by atoms with E-state index in [1.54, 1.807) is 16.8 Å². The van der Waals surface area contributed by atoms with E-state index in [0.717, 1.165) is 11.1 Å². The lowest BCUT2D eigenvalue weighted by molar-refractivity contribution is 0.0697. The molecule has 1 heterocycles. The molecule has 4 heteroatoms. The van der Waals surface area contributed by atoms with Crippen molar-refractivity contribution in [1.82, 2.24) is 4.57 Å². The van der Waals surface area contributed by atoms with Crippen LogP contribution in [0.25, 0.3) is 0 Å². The van der Waals surface area contributed by atoms with Crippen LogP contribution in [0.3, 0.4) is 0 Å². The first kappa shape index (κ1) is 11.4. The molecule has 0 fully saturated rings. The van der Waals surface area contributed by atoms with Crippen molar-refractivity contribution in [1.29, 1.82) is 0 Å². The fourth-order valence-electron chi connectivity index (χ4n) is 1.67. The van der Waals surface area contributed by atoms with Gasteiger partial charge in [0.2, 0.25) is 0 Å². The molecule has 0 saturated heterocycles. The van der Waals surface area contributed by atoms with Crippen LogP contribution in [0.5, 0.6) is 0 Å². The van der Waals surface area contributed by atoms with Gasteiger partial charge >= 0.3 is 5.97 Å². The van der Waals surface area contributed by atoms with Crippen LogP contribution in [0.2, 0.25) is 0 Å². The molecule has 0 bridgehead atoms. The second-order valence-corrected chi connectivity index (χ2v) is 3.95. The first-order chi connectivity index (χ1) is 8.06. The van der Waals surface area contributed by atoms with E-state index in [2.05, 4.69) is 0 Å². The average Bonchev–Trinajstić information content (AvgIpc) is 2.72. The Kier molecular flexibility index (Phi) is 2.95. The molecular weight excluding hydrogens is 221 g/mol. The summed E-state index contributed by atoms with van der Waals surface area (Å²) in [7, 11) is 0. The third-order valence-corrected chi connectivity index (χ3v) is 2.66. The molecule has 3 nitrogen and oxygen atoms in total. The summed E-state index contributed by atoms with van der Waals surface area (Å²) in [5.41, 5.74) is 2.06. The third-order valence-electron chi connectivity index (χ3n) is 2.66. The van der Waals surface area contributed by atoms with Gasteiger partial charge in [-0.2, -0.15) is 0 Å². The van der Waals surface area contributed by atoms with Gasteiger partial charge in [0.05, 0.1) is 5.56 Å². The van der Waals surface area contributed by atoms with Gasteiger partial charge in [-0.3, -0.25) is 0 Å². The molecule has 88 valence electrons. The van der Waals surface area contributed by atoms with Crippen LogP contribution in [-0.2, 0) is 6.54 Å². The zero-order valence-electron chi connectivity index (χ0n) is 9.35. The van der Waals surface area contributed by atoms with E-state index < -0.39 is 5.97 Å². The predicted octanol–water partition coefficient (Wildman–Crippen LogP) is 2.68. The van der Waals surface area contributed by atoms with Gasteiger partial charge in [-0.05, 0) is 36.2 Å². The lowest BCUT2D eigenvalue weighted by atomic mass is 10.1. The number of aromatic carboxylic acids is 1. The standard InChI is InChI=1S/C13H12FNO2/c1-9-2-3-12(14)6-11(9)8-15-5-4-10(7-15)13(16)17/h2-7H,8H2,1H3,(H,16,17). The second kappa shape index (κ2) is 4.41. The molecule has 17 heavy (non-hydrogen) atoms. The molecule has 0 spiro atoms. The molecule has 2 aromatic rings. The Labute approximate surface area is 98.1 Å². The van der Waals surface area contributed by atoms with Crippen LogP contribution in [0.4, 0.5) is 4.39 Å². The van der Waals surface area contributed by atoms with Crippen molar-refractivity contribution in [3.05, 3.63) is 59.2 Å². The average molecular weight is 233 g/mol. The van der Waals surface area contributed by atoms with Crippen molar-refractivity contribution < 1.29 is 14.3 Å². The maximum atomic E-state index is 13.1. The third kappa shape index (κ3) is 2.53. The molecule has 2 rings (SSSR count). The number of nitrogens with zero attached hydrogens (tertiary/aromatic N) is 1. The Bertz CT molecular complexity index is 560. The lowest BCUT2D eigenvalue weighted by Gasteiger charge is -2.06. The Morgan fingerprint density at radius 3 is 2.82 bits per heavy atom. The van der Waals surface area contributed by atoms with Gasteiger partial charge in [-0.15, -0.1) is 0 Å². The van der Waals surface area contributed by atoms with Gasteiger partial charge in [0.25, 0.3) is 0 Å². The largest absolute Gasteiger partial charge is 0.478 e. The quantitative estimate of drug-likeness (QED) is 0.885. The summed E-state index contributed by atoms with van der Waals surface area (Å²) >= 11 is 0. The van der Waals surface area contributed by atoms with Crippen LogP contribution in [0, 0.1) is 12.7 Å². The maximum absolute atomic E-state index is 13.1. The summed E-state index contributed by atoms with van der Waals surface area (Å²) in [5, 5.41) is 8.79. The molecular formula is C13H12FNO2. The molecule has 0 unspecified atom stereocenters. The van der Waals surface area contributed by atoms with Crippen molar-refractivity contribution >= 4 is 5.97 Å². The van der Waals surface area contributed by atoms with Crippen LogP contribution in [-0.4, -0.2) is 15.6 Å². The summed E-state index contributed by atoms with van der Waals surface area (Å²) in [6.45, 7) is 2.37. The van der Waals surface area contributed by atoms with E-state index in [-0.39, 0.29) is 11.4 Å². The number of aryl methyl sites for hydroxylation is 1. The minimum atomic E-state index is -0.959. The number of benzene rings is 1. The topological polar surface area (TPSA) is 42.2 Å². The number of hydrogen-bond donors (Lipinski definition) is 1. The number of carboxylic acids is 1. The number of halogens is 1. The Hall–Kier alpha value is -2.10. The highest BCUT2D eigenvalue weighted by molar-refractivity contribution is 5.87. The highest BCUT2D eigenvalue weighted by Gasteiger charge is 2.06. The van der Waals surface area contributed by atoms with Crippen LogP contribution in [0.15, 0.2) is 36.7 Å². The summed E-state index contributed by atoms with van der Waals surface area (Å²) in [6, 6.07) is 6.12. The normalized spacial score (nSPS) is 10.5. The summed E-state index contributed by atoms with van der Waals surface area (Å²) in [4.78, 5) is 10.7. The first-order valence-electron chi connectivity index (χ1n) is 5.20. The molecule has 1 N–H and O–H groups in total. The van der Waals surface area contributed by atoms with Gasteiger partial charge in [0.1, 0.15) is 5.82 Å². The van der Waals surface area contributed by atoms with E-state index in [4.69, 9.17) is 5.11 Å². The summed E-state index contributed by atoms with van der Waals surface area (Å²) in [6.07, 6.45) is 3.21. The Balaban J connectivity index is 2.25. The molecule has 1 aromatic carbocycles. The fraction of sp³-hybridized carbons (Fsp3) is 0.154. The van der Waals surface area contributed by atoms with Crippen LogP contribution in [0.1, 0.15) is 21.5 Å². The molecule has 0 aliphatic carbocycles. The summed E-state index contributed by atoms with van der Waals surface area (Å²) in [5.74, 6) is -1.24. The van der Waals surface area contributed by atoms with Crippen molar-refractivity contribution in [3.8, 4) is 0 Å². The Morgan fingerprint density at radius 1 is 1.41 bits per heavy atom. The number of carboxylic acid groups (broad SMARTS) is 1. The first-order valence-corrected chi connectivity index (χ1v) is 5.20. The van der Waals surface area contributed by atoms with E-state index in [9.17, 15) is 9.18 Å². The maximum Gasteiger partial charge on any atom is 0.337 e. The van der Waals surface area contributed by atoms with Gasteiger partial charge in [0, 0.05) is 18.9 Å². The van der Waals surface area contributed by atoms with Crippen molar-refractivity contribution in [2.45, 2.75) is 13.5 Å². The lowest BCUT2D eigenvalue weighted by Crippen LogP contribution is -2.00. The summed E-state index contributed by atoms with van der Waals surface area (Å²) < 4.78 is 14.8. The predicted molar refractivity (Wildman–Crippen MR) is 61.6 cm³/mol. The molecule has 0 aliphatic heterocycles. The van der Waals surface area contributed by atoms with Gasteiger partial charge < -0.3 is 9.67 Å². The molecule has 0 amide bonds. The number of hydrogen-bond acceptors (Lipinski definition) is 1. The minimum Gasteiger partial charge on any atom is -0.478 e.